The second kappa shape index (κ2) is 11.7. The van der Waals surface area contributed by atoms with Gasteiger partial charge in [-0.25, -0.2) is 0 Å². The molecule has 0 aliphatic carbocycles. The summed E-state index contributed by atoms with van der Waals surface area (Å²) >= 11 is 0. The molecule has 1 rings (SSSR count). The second-order valence-electron chi connectivity index (χ2n) is 5.42. The van der Waals surface area contributed by atoms with Crippen LogP contribution in [0.5, 0.6) is 0 Å². The lowest BCUT2D eigenvalue weighted by Gasteiger charge is -2.13. The first-order chi connectivity index (χ1) is 9.47. The van der Waals surface area contributed by atoms with Crippen molar-refractivity contribution in [2.45, 2.75) is 40.5 Å². The Kier molecular flexibility index (Phi) is 12.5. The molecule has 0 aliphatic heterocycles. The zero-order valence-corrected chi connectivity index (χ0v) is 15.9. The highest BCUT2D eigenvalue weighted by Gasteiger charge is 2.17. The summed E-state index contributed by atoms with van der Waals surface area (Å²) in [6.45, 7) is 10.7. The van der Waals surface area contributed by atoms with Crippen molar-refractivity contribution >= 4 is 30.7 Å². The Morgan fingerprint density at radius 3 is 2.36 bits per heavy atom. The van der Waals surface area contributed by atoms with E-state index in [1.807, 2.05) is 25.6 Å². The van der Waals surface area contributed by atoms with Crippen LogP contribution in [-0.4, -0.2) is 35.3 Å². The lowest BCUT2D eigenvalue weighted by atomic mass is 9.99. The molecule has 1 aromatic rings. The van der Waals surface area contributed by atoms with Gasteiger partial charge in [0.1, 0.15) is 0 Å². The predicted molar refractivity (Wildman–Crippen MR) is 96.2 cm³/mol. The summed E-state index contributed by atoms with van der Waals surface area (Å²) in [5, 5.41) is 10.6. The van der Waals surface area contributed by atoms with Crippen LogP contribution in [0, 0.1) is 19.8 Å². The van der Waals surface area contributed by atoms with Crippen molar-refractivity contribution in [3.05, 3.63) is 17.0 Å². The second-order valence-corrected chi connectivity index (χ2v) is 5.42. The molecule has 130 valence electrons. The lowest BCUT2D eigenvalue weighted by Crippen LogP contribution is -2.35. The number of nitrogens with zero attached hydrogens (tertiary/aromatic N) is 2. The Balaban J connectivity index is 0. The molecule has 1 amide bonds. The zero-order valence-electron chi connectivity index (χ0n) is 14.2. The van der Waals surface area contributed by atoms with Crippen LogP contribution in [0.15, 0.2) is 0 Å². The molecule has 1 aromatic heterocycles. The molecule has 1 atom stereocenters. The van der Waals surface area contributed by atoms with E-state index in [1.165, 1.54) is 5.56 Å². The van der Waals surface area contributed by atoms with Crippen molar-refractivity contribution in [2.24, 2.45) is 13.0 Å². The van der Waals surface area contributed by atoms with Crippen LogP contribution in [0.25, 0.3) is 0 Å². The number of aryl methyl sites for hydroxylation is 2. The van der Waals surface area contributed by atoms with Gasteiger partial charge in [0.25, 0.3) is 0 Å². The van der Waals surface area contributed by atoms with Gasteiger partial charge in [-0.15, -0.1) is 24.8 Å². The van der Waals surface area contributed by atoms with Crippen LogP contribution >= 0.6 is 24.8 Å². The van der Waals surface area contributed by atoms with Gasteiger partial charge in [-0.05, 0) is 38.8 Å². The van der Waals surface area contributed by atoms with Gasteiger partial charge in [0.05, 0.1) is 5.69 Å². The van der Waals surface area contributed by atoms with Crippen LogP contribution in [0.4, 0.5) is 0 Å². The maximum absolute atomic E-state index is 12.0. The molecule has 5 nitrogen and oxygen atoms in total. The van der Waals surface area contributed by atoms with Crippen LogP contribution in [0.2, 0.25) is 0 Å². The summed E-state index contributed by atoms with van der Waals surface area (Å²) in [6, 6.07) is 0. The van der Waals surface area contributed by atoms with Crippen LogP contribution < -0.4 is 10.6 Å². The first-order valence-corrected chi connectivity index (χ1v) is 7.44. The van der Waals surface area contributed by atoms with E-state index < -0.39 is 0 Å². The number of hydrogen-bond acceptors (Lipinski definition) is 3. The molecular weight excluding hydrogens is 323 g/mol. The number of carbonyl (C=O) groups is 1. The average Bonchev–Trinajstić information content (AvgIpc) is 2.64. The third-order valence-electron chi connectivity index (χ3n) is 3.64. The van der Waals surface area contributed by atoms with E-state index in [4.69, 9.17) is 0 Å². The van der Waals surface area contributed by atoms with Crippen molar-refractivity contribution in [2.75, 3.05) is 19.6 Å². The molecular formula is C15H30Cl2N4O. The third-order valence-corrected chi connectivity index (χ3v) is 3.64. The molecule has 0 fully saturated rings. The smallest absolute Gasteiger partial charge is 0.223 e. The van der Waals surface area contributed by atoms with E-state index in [0.29, 0.717) is 6.54 Å². The highest BCUT2D eigenvalue weighted by atomic mass is 35.5. The first-order valence-electron chi connectivity index (χ1n) is 7.44. The maximum Gasteiger partial charge on any atom is 0.223 e. The lowest BCUT2D eigenvalue weighted by molar-refractivity contribution is -0.124. The summed E-state index contributed by atoms with van der Waals surface area (Å²) in [7, 11) is 1.94. The maximum atomic E-state index is 12.0. The summed E-state index contributed by atoms with van der Waals surface area (Å²) in [5.74, 6) is 0.0914. The highest BCUT2D eigenvalue weighted by molar-refractivity contribution is 5.85. The fraction of sp³-hybridized carbons (Fsp3) is 0.733. The van der Waals surface area contributed by atoms with E-state index in [2.05, 4.69) is 29.6 Å². The minimum Gasteiger partial charge on any atom is -0.355 e. The Bertz CT molecular complexity index is 449. The number of carbonyl (C=O) groups excluding carboxylic acids is 1. The monoisotopic (exact) mass is 352 g/mol. The molecule has 7 heteroatoms. The largest absolute Gasteiger partial charge is 0.355 e. The van der Waals surface area contributed by atoms with E-state index in [1.54, 1.807) is 0 Å². The van der Waals surface area contributed by atoms with Gasteiger partial charge >= 0.3 is 0 Å². The SMILES string of the molecule is CCCNCCNC(=O)C(C)Cc1c(C)nn(C)c1C.Cl.Cl. The van der Waals surface area contributed by atoms with Crippen LogP contribution in [0.1, 0.15) is 37.2 Å². The fourth-order valence-electron chi connectivity index (χ4n) is 2.26. The molecule has 0 bridgehead atoms. The highest BCUT2D eigenvalue weighted by Crippen LogP contribution is 2.16. The Morgan fingerprint density at radius 2 is 1.86 bits per heavy atom. The number of aromatic nitrogens is 2. The van der Waals surface area contributed by atoms with Gasteiger partial charge in [-0.3, -0.25) is 9.48 Å². The molecule has 0 radical (unpaired) electrons. The molecule has 2 N–H and O–H groups in total. The third kappa shape index (κ3) is 6.99. The van der Waals surface area contributed by atoms with Crippen molar-refractivity contribution in [1.82, 2.24) is 20.4 Å². The molecule has 0 saturated heterocycles. The van der Waals surface area contributed by atoms with Gasteiger partial charge < -0.3 is 10.6 Å². The van der Waals surface area contributed by atoms with E-state index >= 15 is 0 Å². The van der Waals surface area contributed by atoms with E-state index in [0.717, 1.165) is 37.3 Å². The van der Waals surface area contributed by atoms with Gasteiger partial charge in [-0.1, -0.05) is 13.8 Å². The van der Waals surface area contributed by atoms with E-state index in [9.17, 15) is 4.79 Å². The topological polar surface area (TPSA) is 58.9 Å². The zero-order chi connectivity index (χ0) is 15.1. The molecule has 0 aliphatic rings. The van der Waals surface area contributed by atoms with Gasteiger partial charge in [-0.2, -0.15) is 5.10 Å². The molecule has 1 unspecified atom stereocenters. The summed E-state index contributed by atoms with van der Waals surface area (Å²) < 4.78 is 1.88. The van der Waals surface area contributed by atoms with Crippen molar-refractivity contribution in [1.29, 1.82) is 0 Å². The molecule has 1 heterocycles. The summed E-state index contributed by atoms with van der Waals surface area (Å²) in [4.78, 5) is 12.0. The molecule has 0 saturated carbocycles. The number of hydrogen-bond donors (Lipinski definition) is 2. The Morgan fingerprint density at radius 1 is 1.23 bits per heavy atom. The summed E-state index contributed by atoms with van der Waals surface area (Å²) in [6.07, 6.45) is 1.86. The van der Waals surface area contributed by atoms with Gasteiger partial charge in [0, 0.05) is 31.7 Å². The number of halogens is 2. The predicted octanol–water partition coefficient (Wildman–Crippen LogP) is 2.17. The van der Waals surface area contributed by atoms with Crippen molar-refractivity contribution in [3.63, 3.8) is 0 Å². The first kappa shape index (κ1) is 23.5. The van der Waals surface area contributed by atoms with Crippen molar-refractivity contribution in [3.8, 4) is 0 Å². The number of amides is 1. The van der Waals surface area contributed by atoms with Gasteiger partial charge in [0.2, 0.25) is 5.91 Å². The average molecular weight is 353 g/mol. The minimum atomic E-state index is -0.0252. The Labute approximate surface area is 146 Å². The van der Waals surface area contributed by atoms with E-state index in [-0.39, 0.29) is 36.6 Å². The minimum absolute atomic E-state index is 0. The standard InChI is InChI=1S/C15H28N4O.2ClH/c1-6-7-16-8-9-17-15(20)11(2)10-14-12(3)18-19(5)13(14)4;;/h11,16H,6-10H2,1-5H3,(H,17,20);2*1H. The quantitative estimate of drug-likeness (QED) is 0.705. The Hall–Kier alpha value is -0.780. The van der Waals surface area contributed by atoms with Gasteiger partial charge in [0.15, 0.2) is 0 Å². The van der Waals surface area contributed by atoms with Crippen LogP contribution in [-0.2, 0) is 18.3 Å². The van der Waals surface area contributed by atoms with Crippen molar-refractivity contribution < 1.29 is 4.79 Å². The normalized spacial score (nSPS) is 11.3. The fourth-order valence-corrected chi connectivity index (χ4v) is 2.26. The van der Waals surface area contributed by atoms with Crippen LogP contribution in [0.3, 0.4) is 0 Å². The molecule has 0 aromatic carbocycles. The summed E-state index contributed by atoms with van der Waals surface area (Å²) in [5.41, 5.74) is 3.36. The number of nitrogens with one attached hydrogen (secondary N) is 2. The molecule has 22 heavy (non-hydrogen) atoms. The number of rotatable bonds is 8. The molecule has 0 spiro atoms.